The van der Waals surface area contributed by atoms with Crippen molar-refractivity contribution in [3.8, 4) is 0 Å². The van der Waals surface area contributed by atoms with E-state index in [1.54, 1.807) is 0 Å². The molecule has 0 spiro atoms. The SMILES string of the molecule is CCn1c2ccccc2c2cc(C3=NNC(=O)CC3)ccc21. The minimum absolute atomic E-state index is 0.00702. The number of rotatable bonds is 2. The van der Waals surface area contributed by atoms with Gasteiger partial charge >= 0.3 is 0 Å². The van der Waals surface area contributed by atoms with Crippen molar-refractivity contribution in [1.82, 2.24) is 9.99 Å². The lowest BCUT2D eigenvalue weighted by Gasteiger charge is -2.12. The Balaban J connectivity index is 1.94. The summed E-state index contributed by atoms with van der Waals surface area (Å²) in [7, 11) is 0. The van der Waals surface area contributed by atoms with E-state index in [0.717, 1.165) is 17.8 Å². The zero-order chi connectivity index (χ0) is 15.1. The Kier molecular flexibility index (Phi) is 2.96. The summed E-state index contributed by atoms with van der Waals surface area (Å²) in [6.45, 7) is 3.11. The Morgan fingerprint density at radius 1 is 1.09 bits per heavy atom. The molecule has 1 aliphatic heterocycles. The van der Waals surface area contributed by atoms with Crippen molar-refractivity contribution in [2.45, 2.75) is 26.3 Å². The van der Waals surface area contributed by atoms with Crippen LogP contribution in [0.2, 0.25) is 0 Å². The van der Waals surface area contributed by atoms with Crippen molar-refractivity contribution in [2.75, 3.05) is 0 Å². The van der Waals surface area contributed by atoms with Gasteiger partial charge in [-0.3, -0.25) is 4.79 Å². The molecule has 1 N–H and O–H groups in total. The minimum Gasteiger partial charge on any atom is -0.341 e. The van der Waals surface area contributed by atoms with Crippen LogP contribution in [0.25, 0.3) is 21.8 Å². The van der Waals surface area contributed by atoms with Crippen LogP contribution in [0.4, 0.5) is 0 Å². The molecular formula is C18H17N3O. The second-order valence-electron chi connectivity index (χ2n) is 5.59. The summed E-state index contributed by atoms with van der Waals surface area (Å²) in [6.07, 6.45) is 1.21. The van der Waals surface area contributed by atoms with Gasteiger partial charge in [0.2, 0.25) is 5.91 Å². The maximum absolute atomic E-state index is 11.2. The molecule has 0 saturated carbocycles. The molecule has 0 saturated heterocycles. The predicted octanol–water partition coefficient (Wildman–Crippen LogP) is 3.43. The Bertz CT molecular complexity index is 921. The zero-order valence-electron chi connectivity index (χ0n) is 12.5. The van der Waals surface area contributed by atoms with Gasteiger partial charge in [0.15, 0.2) is 0 Å². The van der Waals surface area contributed by atoms with Crippen LogP contribution in [0.3, 0.4) is 0 Å². The predicted molar refractivity (Wildman–Crippen MR) is 89.0 cm³/mol. The molecular weight excluding hydrogens is 274 g/mol. The molecule has 4 rings (SSSR count). The van der Waals surface area contributed by atoms with Crippen molar-refractivity contribution in [3.05, 3.63) is 48.0 Å². The van der Waals surface area contributed by atoms with Gasteiger partial charge in [0.05, 0.1) is 5.71 Å². The van der Waals surface area contributed by atoms with Gasteiger partial charge in [-0.1, -0.05) is 24.3 Å². The van der Waals surface area contributed by atoms with E-state index in [1.165, 1.54) is 21.8 Å². The topological polar surface area (TPSA) is 46.4 Å². The van der Waals surface area contributed by atoms with E-state index in [4.69, 9.17) is 0 Å². The third kappa shape index (κ3) is 1.91. The van der Waals surface area contributed by atoms with E-state index in [-0.39, 0.29) is 5.91 Å². The zero-order valence-corrected chi connectivity index (χ0v) is 12.5. The van der Waals surface area contributed by atoms with Crippen LogP contribution in [0, 0.1) is 0 Å². The molecule has 4 nitrogen and oxygen atoms in total. The monoisotopic (exact) mass is 291 g/mol. The smallest absolute Gasteiger partial charge is 0.240 e. The molecule has 3 aromatic rings. The van der Waals surface area contributed by atoms with E-state index in [2.05, 4.69) is 64.5 Å². The molecule has 0 radical (unpaired) electrons. The van der Waals surface area contributed by atoms with Crippen LogP contribution >= 0.6 is 0 Å². The normalized spacial score (nSPS) is 15.1. The highest BCUT2D eigenvalue weighted by Crippen LogP contribution is 2.30. The van der Waals surface area contributed by atoms with Gasteiger partial charge in [-0.25, -0.2) is 5.43 Å². The number of hydrogen-bond donors (Lipinski definition) is 1. The Morgan fingerprint density at radius 3 is 2.68 bits per heavy atom. The Hall–Kier alpha value is -2.62. The number of aryl methyl sites for hydroxylation is 1. The first-order valence-electron chi connectivity index (χ1n) is 7.64. The third-order valence-electron chi connectivity index (χ3n) is 4.33. The summed E-state index contributed by atoms with van der Waals surface area (Å²) < 4.78 is 2.33. The van der Waals surface area contributed by atoms with Crippen molar-refractivity contribution < 1.29 is 4.79 Å². The van der Waals surface area contributed by atoms with Gasteiger partial charge in [0.25, 0.3) is 0 Å². The van der Waals surface area contributed by atoms with Crippen molar-refractivity contribution in [1.29, 1.82) is 0 Å². The Labute approximate surface area is 128 Å². The lowest BCUT2D eigenvalue weighted by atomic mass is 10.0. The number of carbonyl (C=O) groups excluding carboxylic acids is 1. The first-order chi connectivity index (χ1) is 10.8. The van der Waals surface area contributed by atoms with Gasteiger partial charge in [-0.15, -0.1) is 0 Å². The Morgan fingerprint density at radius 2 is 1.91 bits per heavy atom. The van der Waals surface area contributed by atoms with E-state index in [1.807, 2.05) is 0 Å². The van der Waals surface area contributed by atoms with Crippen LogP contribution in [-0.4, -0.2) is 16.2 Å². The molecule has 0 fully saturated rings. The highest BCUT2D eigenvalue weighted by molar-refractivity contribution is 6.12. The van der Waals surface area contributed by atoms with E-state index in [0.29, 0.717) is 12.8 Å². The molecule has 2 heterocycles. The largest absolute Gasteiger partial charge is 0.341 e. The molecule has 1 aliphatic rings. The maximum Gasteiger partial charge on any atom is 0.240 e. The molecule has 0 bridgehead atoms. The fourth-order valence-corrected chi connectivity index (χ4v) is 3.26. The molecule has 0 aliphatic carbocycles. The van der Waals surface area contributed by atoms with Gasteiger partial charge < -0.3 is 4.57 Å². The molecule has 0 atom stereocenters. The number of nitrogens with one attached hydrogen (secondary N) is 1. The summed E-state index contributed by atoms with van der Waals surface area (Å²) in [5, 5.41) is 6.72. The van der Waals surface area contributed by atoms with Crippen molar-refractivity contribution in [2.24, 2.45) is 5.10 Å². The standard InChI is InChI=1S/C18H17N3O/c1-2-21-16-6-4-3-5-13(16)14-11-12(7-9-17(14)21)15-8-10-18(22)20-19-15/h3-7,9,11H,2,8,10H2,1H3,(H,20,22). The lowest BCUT2D eigenvalue weighted by Crippen LogP contribution is -2.25. The summed E-state index contributed by atoms with van der Waals surface area (Å²) in [4.78, 5) is 11.2. The molecule has 22 heavy (non-hydrogen) atoms. The molecule has 2 aromatic carbocycles. The third-order valence-corrected chi connectivity index (χ3v) is 4.33. The number of amides is 1. The first-order valence-corrected chi connectivity index (χ1v) is 7.64. The van der Waals surface area contributed by atoms with Crippen LogP contribution in [0.5, 0.6) is 0 Å². The average Bonchev–Trinajstić information content (AvgIpc) is 2.88. The number of para-hydroxylation sites is 1. The van der Waals surface area contributed by atoms with E-state index in [9.17, 15) is 4.79 Å². The lowest BCUT2D eigenvalue weighted by molar-refractivity contribution is -0.121. The fourth-order valence-electron chi connectivity index (χ4n) is 3.26. The minimum atomic E-state index is -0.00702. The molecule has 1 amide bonds. The fraction of sp³-hybridized carbons (Fsp3) is 0.222. The second kappa shape index (κ2) is 4.98. The number of hydrazone groups is 1. The van der Waals surface area contributed by atoms with Crippen LogP contribution in [0.1, 0.15) is 25.3 Å². The average molecular weight is 291 g/mol. The summed E-state index contributed by atoms with van der Waals surface area (Å²) >= 11 is 0. The molecule has 110 valence electrons. The molecule has 0 unspecified atom stereocenters. The van der Waals surface area contributed by atoms with Gasteiger partial charge in [-0.2, -0.15) is 5.10 Å². The molecule has 1 aromatic heterocycles. The number of aromatic nitrogens is 1. The highest BCUT2D eigenvalue weighted by Gasteiger charge is 2.15. The van der Waals surface area contributed by atoms with E-state index < -0.39 is 0 Å². The van der Waals surface area contributed by atoms with Gasteiger partial charge in [0, 0.05) is 41.2 Å². The van der Waals surface area contributed by atoms with Gasteiger partial charge in [0.1, 0.15) is 0 Å². The van der Waals surface area contributed by atoms with E-state index >= 15 is 0 Å². The van der Waals surface area contributed by atoms with Crippen molar-refractivity contribution >= 4 is 33.4 Å². The summed E-state index contributed by atoms with van der Waals surface area (Å²) in [6, 6.07) is 14.9. The number of fused-ring (bicyclic) bond motifs is 3. The highest BCUT2D eigenvalue weighted by atomic mass is 16.2. The number of benzene rings is 2. The molecule has 4 heteroatoms. The maximum atomic E-state index is 11.2. The van der Waals surface area contributed by atoms with Crippen molar-refractivity contribution in [3.63, 3.8) is 0 Å². The quantitative estimate of drug-likeness (QED) is 0.772. The van der Waals surface area contributed by atoms with Gasteiger partial charge in [-0.05, 0) is 30.7 Å². The first kappa shape index (κ1) is 13.1. The van der Waals surface area contributed by atoms with Crippen LogP contribution in [0.15, 0.2) is 47.6 Å². The second-order valence-corrected chi connectivity index (χ2v) is 5.59. The summed E-state index contributed by atoms with van der Waals surface area (Å²) in [5.74, 6) is -0.00702. The number of carbonyl (C=O) groups is 1. The number of hydrogen-bond acceptors (Lipinski definition) is 2. The van der Waals surface area contributed by atoms with Crippen LogP contribution < -0.4 is 5.43 Å². The number of nitrogens with zero attached hydrogens (tertiary/aromatic N) is 2. The van der Waals surface area contributed by atoms with Crippen LogP contribution in [-0.2, 0) is 11.3 Å². The summed E-state index contributed by atoms with van der Waals surface area (Å²) in [5.41, 5.74) is 7.12.